The molecule has 0 spiro atoms. The number of hydrogen-bond acceptors (Lipinski definition) is 7. The summed E-state index contributed by atoms with van der Waals surface area (Å²) in [6.07, 6.45) is 0. The second-order valence-electron chi connectivity index (χ2n) is 4.94. The minimum Gasteiger partial charge on any atom is -0.482 e. The number of methoxy groups -OCH3 is 1. The summed E-state index contributed by atoms with van der Waals surface area (Å²) in [4.78, 5) is 15.8. The number of ether oxygens (including phenoxy) is 2. The highest BCUT2D eigenvalue weighted by atomic mass is 16.5. The maximum Gasteiger partial charge on any atom is 0.337 e. The van der Waals surface area contributed by atoms with E-state index in [-0.39, 0.29) is 6.61 Å². The molecule has 0 aliphatic heterocycles. The molecule has 134 valence electrons. The van der Waals surface area contributed by atoms with Crippen molar-refractivity contribution >= 4 is 22.8 Å². The molecule has 3 aromatic rings. The van der Waals surface area contributed by atoms with Crippen molar-refractivity contribution in [3.05, 3.63) is 53.4 Å². The normalized spacial score (nSPS) is 9.77. The van der Waals surface area contributed by atoms with Gasteiger partial charge in [0.15, 0.2) is 12.2 Å². The Balaban J connectivity index is 0.00000117. The molecule has 0 aliphatic carbocycles. The van der Waals surface area contributed by atoms with Crippen LogP contribution in [0, 0.1) is 11.3 Å². The van der Waals surface area contributed by atoms with Gasteiger partial charge in [0.2, 0.25) is 5.89 Å². The van der Waals surface area contributed by atoms with Crippen LogP contribution < -0.4 is 10.5 Å². The average molecular weight is 353 g/mol. The number of anilines is 1. The number of carbonyl (C=O) groups is 1. The van der Waals surface area contributed by atoms with E-state index in [0.29, 0.717) is 39.6 Å². The summed E-state index contributed by atoms with van der Waals surface area (Å²) in [5.74, 6) is 0.267. The molecule has 26 heavy (non-hydrogen) atoms. The molecular formula is C19H19N3O4. The summed E-state index contributed by atoms with van der Waals surface area (Å²) in [5, 5.41) is 9.09. The van der Waals surface area contributed by atoms with Crippen LogP contribution in [0.1, 0.15) is 35.7 Å². The Hall–Kier alpha value is -3.53. The largest absolute Gasteiger partial charge is 0.482 e. The number of benzene rings is 2. The second-order valence-corrected chi connectivity index (χ2v) is 4.94. The van der Waals surface area contributed by atoms with Gasteiger partial charge in [-0.2, -0.15) is 5.26 Å². The van der Waals surface area contributed by atoms with Gasteiger partial charge in [-0.05, 0) is 36.4 Å². The highest BCUT2D eigenvalue weighted by molar-refractivity contribution is 5.93. The van der Waals surface area contributed by atoms with Crippen molar-refractivity contribution < 1.29 is 18.7 Å². The zero-order valence-electron chi connectivity index (χ0n) is 14.8. The molecular weight excluding hydrogens is 334 g/mol. The molecule has 0 aliphatic rings. The van der Waals surface area contributed by atoms with E-state index in [9.17, 15) is 4.79 Å². The highest BCUT2D eigenvalue weighted by Gasteiger charge is 2.12. The van der Waals surface area contributed by atoms with Gasteiger partial charge in [-0.15, -0.1) is 0 Å². The molecule has 0 saturated carbocycles. The van der Waals surface area contributed by atoms with Crippen molar-refractivity contribution in [1.29, 1.82) is 5.26 Å². The lowest BCUT2D eigenvalue weighted by Crippen LogP contribution is -2.00. The van der Waals surface area contributed by atoms with Crippen LogP contribution in [0.3, 0.4) is 0 Å². The van der Waals surface area contributed by atoms with Gasteiger partial charge in [0.05, 0.1) is 18.2 Å². The SMILES string of the molecule is CC.COC(=O)c1ccc2nc(COc3ccc(N)cc3C#N)oc2c1. The Bertz CT molecular complexity index is 957. The molecule has 2 N–H and O–H groups in total. The predicted molar refractivity (Wildman–Crippen MR) is 96.6 cm³/mol. The van der Waals surface area contributed by atoms with E-state index in [1.165, 1.54) is 13.2 Å². The number of rotatable bonds is 4. The third-order valence-corrected chi connectivity index (χ3v) is 3.33. The second kappa shape index (κ2) is 8.53. The van der Waals surface area contributed by atoms with Crippen molar-refractivity contribution in [1.82, 2.24) is 4.98 Å². The summed E-state index contributed by atoms with van der Waals surface area (Å²) < 4.78 is 15.8. The van der Waals surface area contributed by atoms with Crippen LogP contribution in [0.15, 0.2) is 40.8 Å². The zero-order chi connectivity index (χ0) is 19.1. The minimum atomic E-state index is -0.452. The minimum absolute atomic E-state index is 0.0425. The Kier molecular flexibility index (Phi) is 6.17. The summed E-state index contributed by atoms with van der Waals surface area (Å²) in [7, 11) is 1.31. The Labute approximate surface area is 151 Å². The smallest absolute Gasteiger partial charge is 0.337 e. The van der Waals surface area contributed by atoms with E-state index in [2.05, 4.69) is 9.72 Å². The number of fused-ring (bicyclic) bond motifs is 1. The number of nitrogens with zero attached hydrogens (tertiary/aromatic N) is 2. The lowest BCUT2D eigenvalue weighted by molar-refractivity contribution is 0.0600. The van der Waals surface area contributed by atoms with Crippen LogP contribution in [-0.2, 0) is 11.3 Å². The predicted octanol–water partition coefficient (Wildman–Crippen LogP) is 3.67. The van der Waals surface area contributed by atoms with Crippen LogP contribution in [0.4, 0.5) is 5.69 Å². The molecule has 3 rings (SSSR count). The zero-order valence-corrected chi connectivity index (χ0v) is 14.8. The third kappa shape index (κ3) is 4.11. The first kappa shape index (κ1) is 18.8. The number of oxazole rings is 1. The lowest BCUT2D eigenvalue weighted by atomic mass is 10.2. The van der Waals surface area contributed by atoms with Crippen molar-refractivity contribution in [2.45, 2.75) is 20.5 Å². The van der Waals surface area contributed by atoms with Gasteiger partial charge in [-0.1, -0.05) is 13.8 Å². The molecule has 1 heterocycles. The summed E-state index contributed by atoms with van der Waals surface area (Å²) in [6, 6.07) is 11.6. The van der Waals surface area contributed by atoms with Gasteiger partial charge in [0.1, 0.15) is 17.3 Å². The maximum absolute atomic E-state index is 11.5. The Morgan fingerprint density at radius 3 is 2.73 bits per heavy atom. The first-order valence-electron chi connectivity index (χ1n) is 8.01. The highest BCUT2D eigenvalue weighted by Crippen LogP contribution is 2.23. The van der Waals surface area contributed by atoms with Crippen LogP contribution in [0.2, 0.25) is 0 Å². The number of nitriles is 1. The third-order valence-electron chi connectivity index (χ3n) is 3.33. The molecule has 0 radical (unpaired) electrons. The van der Waals surface area contributed by atoms with Crippen molar-refractivity contribution in [3.8, 4) is 11.8 Å². The summed E-state index contributed by atoms with van der Waals surface area (Å²) >= 11 is 0. The molecule has 7 heteroatoms. The van der Waals surface area contributed by atoms with Crippen molar-refractivity contribution in [2.75, 3.05) is 12.8 Å². The number of aromatic nitrogens is 1. The Morgan fingerprint density at radius 2 is 2.04 bits per heavy atom. The summed E-state index contributed by atoms with van der Waals surface area (Å²) in [5.41, 5.74) is 7.87. The van der Waals surface area contributed by atoms with Gasteiger partial charge in [0.25, 0.3) is 0 Å². The van der Waals surface area contributed by atoms with E-state index in [4.69, 9.17) is 20.1 Å². The number of nitrogens with two attached hydrogens (primary N) is 1. The van der Waals surface area contributed by atoms with Gasteiger partial charge < -0.3 is 19.6 Å². The quantitative estimate of drug-likeness (QED) is 0.562. The fraction of sp³-hybridized carbons (Fsp3) is 0.211. The van der Waals surface area contributed by atoms with Gasteiger partial charge >= 0.3 is 5.97 Å². The first-order valence-corrected chi connectivity index (χ1v) is 8.01. The van der Waals surface area contributed by atoms with Crippen molar-refractivity contribution in [3.63, 3.8) is 0 Å². The first-order chi connectivity index (χ1) is 12.6. The molecule has 2 aromatic carbocycles. The van der Waals surface area contributed by atoms with Gasteiger partial charge in [-0.25, -0.2) is 9.78 Å². The van der Waals surface area contributed by atoms with Crippen molar-refractivity contribution in [2.24, 2.45) is 0 Å². The monoisotopic (exact) mass is 353 g/mol. The van der Waals surface area contributed by atoms with E-state index in [1.807, 2.05) is 19.9 Å². The van der Waals surface area contributed by atoms with E-state index in [0.717, 1.165) is 0 Å². The molecule has 0 atom stereocenters. The standard InChI is InChI=1S/C17H13N3O4.C2H6/c1-22-17(21)10-2-4-13-15(7-10)24-16(20-13)9-23-14-5-3-12(19)6-11(14)8-18;1-2/h2-7H,9,19H2,1H3;1-2H3. The van der Waals surface area contributed by atoms with Crippen LogP contribution in [-0.4, -0.2) is 18.1 Å². The molecule has 0 bridgehead atoms. The van der Waals surface area contributed by atoms with Gasteiger partial charge in [-0.3, -0.25) is 0 Å². The Morgan fingerprint density at radius 1 is 1.27 bits per heavy atom. The number of hydrogen-bond donors (Lipinski definition) is 1. The maximum atomic E-state index is 11.5. The van der Waals surface area contributed by atoms with Crippen LogP contribution in [0.5, 0.6) is 5.75 Å². The van der Waals surface area contributed by atoms with E-state index in [1.54, 1.807) is 30.3 Å². The number of esters is 1. The molecule has 7 nitrogen and oxygen atoms in total. The van der Waals surface area contributed by atoms with Gasteiger partial charge in [0, 0.05) is 5.69 Å². The fourth-order valence-corrected chi connectivity index (χ4v) is 2.18. The molecule has 0 unspecified atom stereocenters. The van der Waals surface area contributed by atoms with E-state index < -0.39 is 5.97 Å². The van der Waals surface area contributed by atoms with E-state index >= 15 is 0 Å². The fourth-order valence-electron chi connectivity index (χ4n) is 2.18. The lowest BCUT2D eigenvalue weighted by Gasteiger charge is -2.05. The molecule has 1 aromatic heterocycles. The molecule has 0 fully saturated rings. The molecule has 0 amide bonds. The number of nitrogen functional groups attached to an aromatic ring is 1. The molecule has 0 saturated heterocycles. The topological polar surface area (TPSA) is 111 Å². The van der Waals surface area contributed by atoms with Crippen LogP contribution in [0.25, 0.3) is 11.1 Å². The summed E-state index contributed by atoms with van der Waals surface area (Å²) in [6.45, 7) is 4.04. The average Bonchev–Trinajstić information content (AvgIpc) is 3.09. The van der Waals surface area contributed by atoms with Crippen LogP contribution >= 0.6 is 0 Å². The number of carbonyl (C=O) groups excluding carboxylic acids is 1.